The van der Waals surface area contributed by atoms with Crippen LogP contribution >= 0.6 is 11.6 Å². The van der Waals surface area contributed by atoms with Crippen LogP contribution in [-0.2, 0) is 9.53 Å². The summed E-state index contributed by atoms with van der Waals surface area (Å²) in [5.74, 6) is -1.66. The van der Waals surface area contributed by atoms with Crippen LogP contribution in [0.2, 0.25) is 5.02 Å². The Balaban J connectivity index is 3.09. The number of hydrogen-bond acceptors (Lipinski definition) is 3. The van der Waals surface area contributed by atoms with Crippen LogP contribution < -0.4 is 0 Å². The van der Waals surface area contributed by atoms with E-state index in [9.17, 15) is 14.0 Å². The number of carbonyl (C=O) groups excluding carboxylic acids is 2. The molecule has 0 aliphatic heterocycles. The lowest BCUT2D eigenvalue weighted by Gasteiger charge is -2.21. The lowest BCUT2D eigenvalue weighted by molar-refractivity contribution is -0.150. The predicted molar refractivity (Wildman–Crippen MR) is 66.2 cm³/mol. The van der Waals surface area contributed by atoms with E-state index < -0.39 is 23.0 Å². The van der Waals surface area contributed by atoms with Gasteiger partial charge < -0.3 is 4.74 Å². The van der Waals surface area contributed by atoms with Gasteiger partial charge in [0, 0.05) is 5.56 Å². The summed E-state index contributed by atoms with van der Waals surface area (Å²) in [5, 5.41) is -0.0163. The molecular weight excluding hydrogens is 259 g/mol. The van der Waals surface area contributed by atoms with Gasteiger partial charge in [-0.25, -0.2) is 4.39 Å². The molecule has 0 amide bonds. The second-order valence-electron chi connectivity index (χ2n) is 4.30. The van der Waals surface area contributed by atoms with Gasteiger partial charge in [0.15, 0.2) is 5.78 Å². The van der Waals surface area contributed by atoms with Crippen molar-refractivity contribution in [2.24, 2.45) is 5.41 Å². The first-order chi connectivity index (χ1) is 8.30. The highest BCUT2D eigenvalue weighted by Crippen LogP contribution is 2.28. The molecule has 98 valence electrons. The second kappa shape index (κ2) is 5.48. The molecule has 0 fully saturated rings. The van der Waals surface area contributed by atoms with Gasteiger partial charge in [0.25, 0.3) is 0 Å². The number of benzene rings is 1. The number of ketones is 1. The summed E-state index contributed by atoms with van der Waals surface area (Å²) in [5.41, 5.74) is -1.24. The number of hydrogen-bond donors (Lipinski definition) is 0. The fourth-order valence-electron chi connectivity index (χ4n) is 1.41. The Hall–Kier alpha value is -1.42. The highest BCUT2D eigenvalue weighted by atomic mass is 35.5. The topological polar surface area (TPSA) is 43.4 Å². The minimum atomic E-state index is -1.35. The first-order valence-corrected chi connectivity index (χ1v) is 5.85. The largest absolute Gasteiger partial charge is 0.465 e. The molecule has 1 aromatic carbocycles. The summed E-state index contributed by atoms with van der Waals surface area (Å²) in [7, 11) is 0. The van der Waals surface area contributed by atoms with Gasteiger partial charge >= 0.3 is 5.97 Å². The lowest BCUT2D eigenvalue weighted by Crippen LogP contribution is -2.35. The fraction of sp³-hybridized carbons (Fsp3) is 0.385. The van der Waals surface area contributed by atoms with Crippen LogP contribution in [0.4, 0.5) is 4.39 Å². The number of Topliss-reactive ketones (excluding diaryl/α,β-unsaturated/α-hetero) is 1. The van der Waals surface area contributed by atoms with Crippen molar-refractivity contribution in [2.45, 2.75) is 20.8 Å². The van der Waals surface area contributed by atoms with Crippen molar-refractivity contribution < 1.29 is 18.7 Å². The maximum absolute atomic E-state index is 12.9. The molecule has 0 heterocycles. The summed E-state index contributed by atoms with van der Waals surface area (Å²) >= 11 is 5.80. The highest BCUT2D eigenvalue weighted by Gasteiger charge is 2.38. The van der Waals surface area contributed by atoms with E-state index in [0.29, 0.717) is 0 Å². The number of halogens is 2. The van der Waals surface area contributed by atoms with Gasteiger partial charge in [-0.05, 0) is 39.0 Å². The average molecular weight is 273 g/mol. The third kappa shape index (κ3) is 2.88. The molecule has 0 spiro atoms. The first-order valence-electron chi connectivity index (χ1n) is 5.47. The zero-order valence-corrected chi connectivity index (χ0v) is 11.2. The summed E-state index contributed by atoms with van der Waals surface area (Å²) in [6, 6.07) is 3.43. The maximum atomic E-state index is 12.9. The second-order valence-corrected chi connectivity index (χ2v) is 4.71. The van der Waals surface area contributed by atoms with Gasteiger partial charge in [-0.1, -0.05) is 11.6 Å². The zero-order chi connectivity index (χ0) is 13.9. The van der Waals surface area contributed by atoms with E-state index >= 15 is 0 Å². The van der Waals surface area contributed by atoms with Crippen molar-refractivity contribution in [1.82, 2.24) is 0 Å². The van der Waals surface area contributed by atoms with Crippen LogP contribution in [0.5, 0.6) is 0 Å². The van der Waals surface area contributed by atoms with E-state index in [0.717, 1.165) is 12.1 Å². The van der Waals surface area contributed by atoms with E-state index in [1.54, 1.807) is 6.92 Å². The number of ether oxygens (including phenoxy) is 1. The van der Waals surface area contributed by atoms with Crippen molar-refractivity contribution in [3.05, 3.63) is 34.6 Å². The van der Waals surface area contributed by atoms with Gasteiger partial charge in [0.2, 0.25) is 0 Å². The standard InChI is InChI=1S/C13H14ClFO3/c1-4-18-12(17)13(2,3)11(16)9-6-5-8(15)7-10(9)14/h5-7H,4H2,1-3H3. The van der Waals surface area contributed by atoms with Crippen LogP contribution in [0.15, 0.2) is 18.2 Å². The molecular formula is C13H14ClFO3. The monoisotopic (exact) mass is 272 g/mol. The summed E-state index contributed by atoms with van der Waals surface area (Å²) in [4.78, 5) is 23.9. The van der Waals surface area contributed by atoms with Crippen LogP contribution in [0.3, 0.4) is 0 Å². The summed E-state index contributed by atoms with van der Waals surface area (Å²) in [6.45, 7) is 4.75. The molecule has 1 rings (SSSR count). The molecule has 0 atom stereocenters. The zero-order valence-electron chi connectivity index (χ0n) is 10.4. The number of carbonyl (C=O) groups is 2. The highest BCUT2D eigenvalue weighted by molar-refractivity contribution is 6.34. The van der Waals surface area contributed by atoms with Gasteiger partial charge in [-0.15, -0.1) is 0 Å². The Labute approximate surface area is 110 Å². The maximum Gasteiger partial charge on any atom is 0.319 e. The van der Waals surface area contributed by atoms with E-state index in [4.69, 9.17) is 16.3 Å². The first kappa shape index (κ1) is 14.6. The van der Waals surface area contributed by atoms with E-state index in [1.807, 2.05) is 0 Å². The van der Waals surface area contributed by atoms with E-state index in [-0.39, 0.29) is 17.2 Å². The molecule has 0 bridgehead atoms. The van der Waals surface area contributed by atoms with Crippen LogP contribution in [0, 0.1) is 11.2 Å². The van der Waals surface area contributed by atoms with Crippen molar-refractivity contribution in [1.29, 1.82) is 0 Å². The van der Waals surface area contributed by atoms with Crippen molar-refractivity contribution >= 4 is 23.4 Å². The normalized spacial score (nSPS) is 11.2. The molecule has 0 aromatic heterocycles. The van der Waals surface area contributed by atoms with Crippen LogP contribution in [0.1, 0.15) is 31.1 Å². The molecule has 1 aromatic rings. The Morgan fingerprint density at radius 3 is 2.50 bits per heavy atom. The van der Waals surface area contributed by atoms with Crippen LogP contribution in [-0.4, -0.2) is 18.4 Å². The quantitative estimate of drug-likeness (QED) is 0.480. The third-order valence-electron chi connectivity index (χ3n) is 2.53. The van der Waals surface area contributed by atoms with Gasteiger partial charge in [-0.3, -0.25) is 9.59 Å². The Morgan fingerprint density at radius 2 is 2.00 bits per heavy atom. The minimum Gasteiger partial charge on any atom is -0.465 e. The average Bonchev–Trinajstić information content (AvgIpc) is 2.28. The predicted octanol–water partition coefficient (Wildman–Crippen LogP) is 3.25. The SMILES string of the molecule is CCOC(=O)C(C)(C)C(=O)c1ccc(F)cc1Cl. The Morgan fingerprint density at radius 1 is 1.39 bits per heavy atom. The summed E-state index contributed by atoms with van der Waals surface area (Å²) < 4.78 is 17.7. The van der Waals surface area contributed by atoms with Crippen molar-refractivity contribution in [3.8, 4) is 0 Å². The fourth-order valence-corrected chi connectivity index (χ4v) is 1.67. The summed E-state index contributed by atoms with van der Waals surface area (Å²) in [6.07, 6.45) is 0. The molecule has 3 nitrogen and oxygen atoms in total. The molecule has 0 N–H and O–H groups in total. The molecule has 18 heavy (non-hydrogen) atoms. The van der Waals surface area contributed by atoms with Crippen molar-refractivity contribution in [3.63, 3.8) is 0 Å². The lowest BCUT2D eigenvalue weighted by atomic mass is 9.84. The third-order valence-corrected chi connectivity index (χ3v) is 2.84. The smallest absolute Gasteiger partial charge is 0.319 e. The Kier molecular flexibility index (Phi) is 4.46. The molecule has 0 aliphatic carbocycles. The van der Waals surface area contributed by atoms with Gasteiger partial charge in [0.1, 0.15) is 11.2 Å². The van der Waals surface area contributed by atoms with Crippen LogP contribution in [0.25, 0.3) is 0 Å². The molecule has 0 saturated heterocycles. The molecule has 5 heteroatoms. The number of esters is 1. The molecule has 0 unspecified atom stereocenters. The van der Waals surface area contributed by atoms with Gasteiger partial charge in [0.05, 0.1) is 11.6 Å². The molecule has 0 saturated carbocycles. The van der Waals surface area contributed by atoms with Crippen molar-refractivity contribution in [2.75, 3.05) is 6.61 Å². The number of rotatable bonds is 4. The molecule has 0 aliphatic rings. The van der Waals surface area contributed by atoms with E-state index in [1.165, 1.54) is 19.9 Å². The Bertz CT molecular complexity index is 483. The molecule has 0 radical (unpaired) electrons. The van der Waals surface area contributed by atoms with E-state index in [2.05, 4.69) is 0 Å². The minimum absolute atomic E-state index is 0.0163. The van der Waals surface area contributed by atoms with Gasteiger partial charge in [-0.2, -0.15) is 0 Å².